The quantitative estimate of drug-likeness (QED) is 0.727. The number of likely N-dealkylation sites (tertiary alicyclic amines) is 1. The number of aliphatic carboxylic acids is 1. The summed E-state index contributed by atoms with van der Waals surface area (Å²) in [5.74, 6) is -0.760. The van der Waals surface area contributed by atoms with Crippen molar-refractivity contribution in [1.29, 1.82) is 0 Å². The largest absolute Gasteiger partial charge is 0.481 e. The van der Waals surface area contributed by atoms with E-state index in [0.717, 1.165) is 30.9 Å². The van der Waals surface area contributed by atoms with E-state index in [1.807, 2.05) is 24.3 Å². The molecule has 0 aliphatic carbocycles. The predicted octanol–water partition coefficient (Wildman–Crippen LogP) is 3.85. The summed E-state index contributed by atoms with van der Waals surface area (Å²) < 4.78 is 0. The van der Waals surface area contributed by atoms with Gasteiger partial charge in [-0.15, -0.1) is 0 Å². The molecule has 0 radical (unpaired) electrons. The molecule has 5 heteroatoms. The highest BCUT2D eigenvalue weighted by Crippen LogP contribution is 2.26. The highest BCUT2D eigenvalue weighted by molar-refractivity contribution is 5.67. The number of carbonyl (C=O) groups is 1. The van der Waals surface area contributed by atoms with Crippen LogP contribution in [0.3, 0.4) is 0 Å². The van der Waals surface area contributed by atoms with Crippen molar-refractivity contribution in [1.82, 2.24) is 4.90 Å². The Bertz CT molecular complexity index is 785. The van der Waals surface area contributed by atoms with Gasteiger partial charge in [0.1, 0.15) is 0 Å². The van der Waals surface area contributed by atoms with E-state index < -0.39 is 5.97 Å². The molecule has 1 fully saturated rings. The number of anilines is 2. The third kappa shape index (κ3) is 5.49. The van der Waals surface area contributed by atoms with Gasteiger partial charge in [0.2, 0.25) is 0 Å². The number of nitrogens with zero attached hydrogens (tertiary/aromatic N) is 2. The smallest absolute Gasteiger partial charge is 0.303 e. The molecule has 0 spiro atoms. The Morgan fingerprint density at radius 1 is 1.18 bits per heavy atom. The lowest BCUT2D eigenvalue weighted by Gasteiger charge is -2.37. The minimum Gasteiger partial charge on any atom is -0.481 e. The lowest BCUT2D eigenvalue weighted by atomic mass is 10.0. The average molecular weight is 382 g/mol. The first-order valence-corrected chi connectivity index (χ1v) is 10.1. The number of piperidine rings is 1. The molecule has 0 amide bonds. The maximum Gasteiger partial charge on any atom is 0.303 e. The summed E-state index contributed by atoms with van der Waals surface area (Å²) in [7, 11) is 4.40. The normalized spacial score (nSPS) is 15.4. The molecule has 5 nitrogen and oxygen atoms in total. The van der Waals surface area contributed by atoms with E-state index in [1.54, 1.807) is 0 Å². The maximum absolute atomic E-state index is 10.8. The molecule has 0 atom stereocenters. The number of hydrogen-bond donors (Lipinski definition) is 2. The Hall–Kier alpha value is -2.53. The van der Waals surface area contributed by atoms with Crippen LogP contribution in [-0.2, 0) is 17.8 Å². The minimum absolute atomic E-state index is 0.160. The molecule has 28 heavy (non-hydrogen) atoms. The molecule has 2 aromatic rings. The van der Waals surface area contributed by atoms with Crippen molar-refractivity contribution in [3.05, 3.63) is 59.7 Å². The zero-order chi connectivity index (χ0) is 19.9. The lowest BCUT2D eigenvalue weighted by molar-refractivity contribution is -0.136. The number of carboxylic acid groups (broad SMARTS) is 1. The number of rotatable bonds is 8. The summed E-state index contributed by atoms with van der Waals surface area (Å²) in [6.07, 6.45) is 3.11. The van der Waals surface area contributed by atoms with E-state index in [0.29, 0.717) is 12.5 Å². The van der Waals surface area contributed by atoms with Gasteiger partial charge in [0.05, 0.1) is 0 Å². The van der Waals surface area contributed by atoms with Crippen molar-refractivity contribution in [3.8, 4) is 0 Å². The molecule has 2 N–H and O–H groups in total. The number of benzene rings is 2. The fourth-order valence-electron chi connectivity index (χ4n) is 3.87. The van der Waals surface area contributed by atoms with Crippen molar-refractivity contribution in [2.45, 2.75) is 38.3 Å². The summed E-state index contributed by atoms with van der Waals surface area (Å²) in [6, 6.07) is 17.2. The molecule has 1 saturated heterocycles. The average Bonchev–Trinajstić information content (AvgIpc) is 2.71. The molecule has 1 aliphatic rings. The fraction of sp³-hybridized carbons (Fsp3) is 0.435. The Morgan fingerprint density at radius 2 is 1.93 bits per heavy atom. The van der Waals surface area contributed by atoms with Gasteiger partial charge >= 0.3 is 5.97 Å². The minimum atomic E-state index is -0.760. The number of aryl methyl sites for hydroxylation is 1. The van der Waals surface area contributed by atoms with Crippen LogP contribution in [0.2, 0.25) is 0 Å². The third-order valence-corrected chi connectivity index (χ3v) is 5.64. The number of hydrogen-bond acceptors (Lipinski definition) is 4. The van der Waals surface area contributed by atoms with Crippen molar-refractivity contribution >= 4 is 17.3 Å². The van der Waals surface area contributed by atoms with Crippen molar-refractivity contribution in [3.63, 3.8) is 0 Å². The number of carboxylic acids is 1. The fourth-order valence-corrected chi connectivity index (χ4v) is 3.87. The monoisotopic (exact) mass is 381 g/mol. The molecule has 0 bridgehead atoms. The predicted molar refractivity (Wildman–Crippen MR) is 115 cm³/mol. The molecular weight excluding hydrogens is 350 g/mol. The molecule has 0 aromatic heterocycles. The van der Waals surface area contributed by atoms with E-state index in [4.69, 9.17) is 5.11 Å². The summed E-state index contributed by atoms with van der Waals surface area (Å²) in [5.41, 5.74) is 4.63. The van der Waals surface area contributed by atoms with Crippen LogP contribution in [0.25, 0.3) is 0 Å². The van der Waals surface area contributed by atoms with Gasteiger partial charge < -0.3 is 20.2 Å². The molecule has 0 unspecified atom stereocenters. The van der Waals surface area contributed by atoms with Crippen molar-refractivity contribution in [2.24, 2.45) is 0 Å². The SMILES string of the molecule is CN1CCC(N(C)c2ccccc2CNc2cccc(CCC(=O)O)c2)CC1. The van der Waals surface area contributed by atoms with Gasteiger partial charge in [0.15, 0.2) is 0 Å². The Kier molecular flexibility index (Phi) is 6.93. The van der Waals surface area contributed by atoms with Crippen molar-refractivity contribution in [2.75, 3.05) is 37.4 Å². The van der Waals surface area contributed by atoms with Gasteiger partial charge in [0.25, 0.3) is 0 Å². The van der Waals surface area contributed by atoms with E-state index in [2.05, 4.69) is 53.5 Å². The highest BCUT2D eigenvalue weighted by atomic mass is 16.4. The van der Waals surface area contributed by atoms with Gasteiger partial charge in [0, 0.05) is 37.4 Å². The van der Waals surface area contributed by atoms with E-state index in [9.17, 15) is 4.79 Å². The molecule has 1 aliphatic heterocycles. The molecule has 2 aromatic carbocycles. The van der Waals surface area contributed by atoms with Gasteiger partial charge in [-0.25, -0.2) is 0 Å². The second kappa shape index (κ2) is 9.60. The second-order valence-corrected chi connectivity index (χ2v) is 7.72. The van der Waals surface area contributed by atoms with Gasteiger partial charge in [-0.2, -0.15) is 0 Å². The molecular formula is C23H31N3O2. The standard InChI is InChI=1S/C23H31N3O2/c1-25-14-12-21(13-15-25)26(2)22-9-4-3-7-19(22)17-24-20-8-5-6-18(16-20)10-11-23(27)28/h3-9,16,21,24H,10-15,17H2,1-2H3,(H,27,28). The lowest BCUT2D eigenvalue weighted by Crippen LogP contribution is -2.42. The Labute approximate surface area is 168 Å². The van der Waals surface area contributed by atoms with Crippen LogP contribution in [0, 0.1) is 0 Å². The van der Waals surface area contributed by atoms with Crippen LogP contribution in [-0.4, -0.2) is 49.2 Å². The summed E-state index contributed by atoms with van der Waals surface area (Å²) in [6.45, 7) is 3.05. The molecule has 3 rings (SSSR count). The van der Waals surface area contributed by atoms with Crippen molar-refractivity contribution < 1.29 is 9.90 Å². The zero-order valence-electron chi connectivity index (χ0n) is 16.9. The summed E-state index contributed by atoms with van der Waals surface area (Å²) in [4.78, 5) is 15.6. The highest BCUT2D eigenvalue weighted by Gasteiger charge is 2.22. The Balaban J connectivity index is 1.65. The van der Waals surface area contributed by atoms with E-state index >= 15 is 0 Å². The first-order chi connectivity index (χ1) is 13.5. The van der Waals surface area contributed by atoms with Gasteiger partial charge in [-0.3, -0.25) is 4.79 Å². The first-order valence-electron chi connectivity index (χ1n) is 10.1. The first kappa shape index (κ1) is 20.2. The third-order valence-electron chi connectivity index (χ3n) is 5.64. The van der Waals surface area contributed by atoms with Crippen LogP contribution in [0.1, 0.15) is 30.4 Å². The number of nitrogens with one attached hydrogen (secondary N) is 1. The van der Waals surface area contributed by atoms with Crippen LogP contribution < -0.4 is 10.2 Å². The summed E-state index contributed by atoms with van der Waals surface area (Å²) >= 11 is 0. The summed E-state index contributed by atoms with van der Waals surface area (Å²) in [5, 5.41) is 12.4. The van der Waals surface area contributed by atoms with E-state index in [-0.39, 0.29) is 6.42 Å². The molecule has 0 saturated carbocycles. The topological polar surface area (TPSA) is 55.8 Å². The van der Waals surface area contributed by atoms with E-state index in [1.165, 1.54) is 24.1 Å². The second-order valence-electron chi connectivity index (χ2n) is 7.72. The molecule has 1 heterocycles. The zero-order valence-corrected chi connectivity index (χ0v) is 16.9. The van der Waals surface area contributed by atoms with Gasteiger partial charge in [-0.05, 0) is 68.7 Å². The van der Waals surface area contributed by atoms with Crippen LogP contribution in [0.5, 0.6) is 0 Å². The molecule has 150 valence electrons. The maximum atomic E-state index is 10.8. The van der Waals surface area contributed by atoms with Crippen LogP contribution in [0.15, 0.2) is 48.5 Å². The van der Waals surface area contributed by atoms with Crippen LogP contribution >= 0.6 is 0 Å². The Morgan fingerprint density at radius 3 is 2.68 bits per heavy atom. The van der Waals surface area contributed by atoms with Crippen LogP contribution in [0.4, 0.5) is 11.4 Å². The number of para-hydroxylation sites is 1. The van der Waals surface area contributed by atoms with Gasteiger partial charge in [-0.1, -0.05) is 30.3 Å².